The van der Waals surface area contributed by atoms with Crippen molar-refractivity contribution >= 4 is 40.3 Å². The number of nitrogens with zero attached hydrogens (tertiary/aromatic N) is 3. The Morgan fingerprint density at radius 1 is 1.08 bits per heavy atom. The van der Waals surface area contributed by atoms with Gasteiger partial charge in [-0.2, -0.15) is 4.80 Å². The fourth-order valence-electron chi connectivity index (χ4n) is 2.44. The summed E-state index contributed by atoms with van der Waals surface area (Å²) >= 11 is 6.01. The maximum atomic E-state index is 12.0. The highest BCUT2D eigenvalue weighted by atomic mass is 35.5. The van der Waals surface area contributed by atoms with Crippen LogP contribution >= 0.6 is 11.6 Å². The number of aromatic nitrogens is 3. The second-order valence-corrected chi connectivity index (χ2v) is 5.95. The highest BCUT2D eigenvalue weighted by Crippen LogP contribution is 2.19. The number of anilines is 1. The summed E-state index contributed by atoms with van der Waals surface area (Å²) in [6.45, 7) is 0. The lowest BCUT2D eigenvalue weighted by atomic mass is 10.2. The Labute approximate surface area is 153 Å². The summed E-state index contributed by atoms with van der Waals surface area (Å²) < 4.78 is 5.15. The van der Waals surface area contributed by atoms with E-state index >= 15 is 0 Å². The lowest BCUT2D eigenvalue weighted by Crippen LogP contribution is -2.07. The Morgan fingerprint density at radius 3 is 2.77 bits per heavy atom. The Morgan fingerprint density at radius 2 is 1.96 bits per heavy atom. The third-order valence-electron chi connectivity index (χ3n) is 3.63. The molecule has 0 saturated carbocycles. The summed E-state index contributed by atoms with van der Waals surface area (Å²) in [5.74, 6) is 0.350. The van der Waals surface area contributed by atoms with Gasteiger partial charge in [0.1, 0.15) is 16.8 Å². The Bertz CT molecular complexity index is 1100. The lowest BCUT2D eigenvalue weighted by molar-refractivity contribution is -0.111. The van der Waals surface area contributed by atoms with Gasteiger partial charge >= 0.3 is 0 Å². The van der Waals surface area contributed by atoms with E-state index in [0.29, 0.717) is 27.5 Å². The predicted molar refractivity (Wildman–Crippen MR) is 100 cm³/mol. The van der Waals surface area contributed by atoms with E-state index in [4.69, 9.17) is 16.0 Å². The van der Waals surface area contributed by atoms with Crippen LogP contribution in [0, 0.1) is 0 Å². The smallest absolute Gasteiger partial charge is 0.248 e. The summed E-state index contributed by atoms with van der Waals surface area (Å²) in [7, 11) is 0. The van der Waals surface area contributed by atoms with Crippen molar-refractivity contribution in [3.8, 4) is 5.69 Å². The van der Waals surface area contributed by atoms with Crippen LogP contribution in [0.1, 0.15) is 5.76 Å². The molecule has 0 aliphatic heterocycles. The van der Waals surface area contributed by atoms with Crippen molar-refractivity contribution in [1.82, 2.24) is 15.0 Å². The van der Waals surface area contributed by atoms with Crippen LogP contribution in [0.15, 0.2) is 71.4 Å². The van der Waals surface area contributed by atoms with Crippen LogP contribution in [0.3, 0.4) is 0 Å². The van der Waals surface area contributed by atoms with E-state index in [0.717, 1.165) is 5.69 Å². The van der Waals surface area contributed by atoms with E-state index in [1.165, 1.54) is 10.9 Å². The largest absolute Gasteiger partial charge is 0.465 e. The van der Waals surface area contributed by atoms with Gasteiger partial charge < -0.3 is 9.73 Å². The summed E-state index contributed by atoms with van der Waals surface area (Å²) in [5.41, 5.74) is 2.78. The molecule has 0 atom stereocenters. The van der Waals surface area contributed by atoms with Gasteiger partial charge in [-0.3, -0.25) is 4.79 Å². The molecule has 1 N–H and O–H groups in total. The summed E-state index contributed by atoms with van der Waals surface area (Å²) in [6, 6.07) is 16.1. The number of fused-ring (bicyclic) bond motifs is 1. The van der Waals surface area contributed by atoms with Crippen molar-refractivity contribution in [1.29, 1.82) is 0 Å². The maximum absolute atomic E-state index is 12.0. The fourth-order valence-corrected chi connectivity index (χ4v) is 2.62. The maximum Gasteiger partial charge on any atom is 0.248 e. The minimum atomic E-state index is -0.261. The molecule has 0 radical (unpaired) electrons. The molecule has 0 spiro atoms. The molecular formula is C19H13ClN4O2. The van der Waals surface area contributed by atoms with Gasteiger partial charge in [-0.1, -0.05) is 17.7 Å². The Balaban J connectivity index is 1.55. The van der Waals surface area contributed by atoms with E-state index < -0.39 is 0 Å². The molecule has 0 aliphatic carbocycles. The first-order valence-corrected chi connectivity index (χ1v) is 8.21. The zero-order chi connectivity index (χ0) is 17.9. The SMILES string of the molecule is O=C(C=Cc1ccco1)Nc1ccc2nn(-c3cccc(Cl)c3)nc2c1. The fraction of sp³-hybridized carbons (Fsp3) is 0. The standard InChI is InChI=1S/C19H13ClN4O2/c20-13-3-1-4-15(11-13)24-22-17-8-6-14(12-18(17)23-24)21-19(25)9-7-16-5-2-10-26-16/h1-12H,(H,21,25). The first kappa shape index (κ1) is 16.1. The van der Waals surface area contributed by atoms with Gasteiger partial charge in [-0.05, 0) is 54.6 Å². The van der Waals surface area contributed by atoms with Crippen molar-refractivity contribution in [2.24, 2.45) is 0 Å². The van der Waals surface area contributed by atoms with Gasteiger partial charge in [-0.25, -0.2) is 0 Å². The first-order valence-electron chi connectivity index (χ1n) is 7.83. The number of hydrogen-bond acceptors (Lipinski definition) is 4. The number of amides is 1. The average molecular weight is 365 g/mol. The number of benzene rings is 2. The van der Waals surface area contributed by atoms with E-state index in [1.54, 1.807) is 54.8 Å². The topological polar surface area (TPSA) is 73.0 Å². The van der Waals surface area contributed by atoms with Gasteiger partial charge in [0.05, 0.1) is 12.0 Å². The Kier molecular flexibility index (Phi) is 4.25. The molecular weight excluding hydrogens is 352 g/mol. The number of rotatable bonds is 4. The van der Waals surface area contributed by atoms with E-state index in [-0.39, 0.29) is 5.91 Å². The molecule has 26 heavy (non-hydrogen) atoms. The van der Waals surface area contributed by atoms with Crippen LogP contribution in [-0.2, 0) is 4.79 Å². The number of nitrogens with one attached hydrogen (secondary N) is 1. The van der Waals surface area contributed by atoms with Crippen molar-refractivity contribution in [2.45, 2.75) is 0 Å². The van der Waals surface area contributed by atoms with Crippen molar-refractivity contribution in [2.75, 3.05) is 5.32 Å². The lowest BCUT2D eigenvalue weighted by Gasteiger charge is -2.00. The second kappa shape index (κ2) is 6.85. The van der Waals surface area contributed by atoms with Gasteiger partial charge in [0.2, 0.25) is 5.91 Å². The molecule has 2 aromatic carbocycles. The molecule has 0 saturated heterocycles. The molecule has 0 unspecified atom stereocenters. The Hall–Kier alpha value is -3.38. The van der Waals surface area contributed by atoms with Gasteiger partial charge in [0.15, 0.2) is 0 Å². The monoisotopic (exact) mass is 364 g/mol. The zero-order valence-electron chi connectivity index (χ0n) is 13.5. The van der Waals surface area contributed by atoms with Gasteiger partial charge in [-0.15, -0.1) is 10.2 Å². The number of carbonyl (C=O) groups excluding carboxylic acids is 1. The van der Waals surface area contributed by atoms with Gasteiger partial charge in [0, 0.05) is 16.8 Å². The molecule has 2 aromatic heterocycles. The molecule has 2 heterocycles. The normalized spacial score (nSPS) is 11.3. The van der Waals surface area contributed by atoms with E-state index in [9.17, 15) is 4.79 Å². The molecule has 4 rings (SSSR count). The number of hydrogen-bond donors (Lipinski definition) is 1. The second-order valence-electron chi connectivity index (χ2n) is 5.51. The molecule has 0 bridgehead atoms. The number of carbonyl (C=O) groups is 1. The summed E-state index contributed by atoms with van der Waals surface area (Å²) in [6.07, 6.45) is 4.56. The minimum absolute atomic E-state index is 0.261. The predicted octanol–water partition coefficient (Wildman–Crippen LogP) is 4.32. The zero-order valence-corrected chi connectivity index (χ0v) is 14.2. The minimum Gasteiger partial charge on any atom is -0.465 e. The van der Waals surface area contributed by atoms with Crippen LogP contribution in [0.2, 0.25) is 5.02 Å². The van der Waals surface area contributed by atoms with E-state index in [1.807, 2.05) is 12.1 Å². The van der Waals surface area contributed by atoms with Crippen LogP contribution in [-0.4, -0.2) is 20.9 Å². The molecule has 128 valence electrons. The molecule has 0 aliphatic rings. The van der Waals surface area contributed by atoms with Crippen LogP contribution in [0.25, 0.3) is 22.8 Å². The highest BCUT2D eigenvalue weighted by molar-refractivity contribution is 6.30. The highest BCUT2D eigenvalue weighted by Gasteiger charge is 2.07. The van der Waals surface area contributed by atoms with Crippen LogP contribution < -0.4 is 5.32 Å². The summed E-state index contributed by atoms with van der Waals surface area (Å²) in [5, 5.41) is 12.3. The van der Waals surface area contributed by atoms with Crippen molar-refractivity contribution in [3.63, 3.8) is 0 Å². The molecule has 6 nitrogen and oxygen atoms in total. The van der Waals surface area contributed by atoms with Crippen LogP contribution in [0.4, 0.5) is 5.69 Å². The van der Waals surface area contributed by atoms with E-state index in [2.05, 4.69) is 15.5 Å². The molecule has 0 fully saturated rings. The molecule has 4 aromatic rings. The quantitative estimate of drug-likeness (QED) is 0.547. The third-order valence-corrected chi connectivity index (χ3v) is 3.86. The third kappa shape index (κ3) is 3.50. The summed E-state index contributed by atoms with van der Waals surface area (Å²) in [4.78, 5) is 13.5. The molecule has 7 heteroatoms. The molecule has 1 amide bonds. The van der Waals surface area contributed by atoms with Gasteiger partial charge in [0.25, 0.3) is 0 Å². The number of halogens is 1. The van der Waals surface area contributed by atoms with Crippen molar-refractivity contribution in [3.05, 3.63) is 77.7 Å². The van der Waals surface area contributed by atoms with Crippen molar-refractivity contribution < 1.29 is 9.21 Å². The average Bonchev–Trinajstić information content (AvgIpc) is 3.29. The van der Waals surface area contributed by atoms with Crippen LogP contribution in [0.5, 0.6) is 0 Å². The first-order chi connectivity index (χ1) is 12.7. The number of furan rings is 1.